The Morgan fingerprint density at radius 1 is 1.45 bits per heavy atom. The van der Waals surface area contributed by atoms with Gasteiger partial charge in [-0.3, -0.25) is 0 Å². The fourth-order valence-electron chi connectivity index (χ4n) is 1.56. The van der Waals surface area contributed by atoms with E-state index in [1.54, 1.807) is 13.8 Å². The van der Waals surface area contributed by atoms with Crippen molar-refractivity contribution >= 4 is 5.97 Å². The molecule has 0 atom stereocenters. The monoisotopic (exact) mass is 280 g/mol. The van der Waals surface area contributed by atoms with Crippen LogP contribution in [0.1, 0.15) is 29.0 Å². The van der Waals surface area contributed by atoms with E-state index in [1.165, 1.54) is 18.2 Å². The topological polar surface area (TPSA) is 74.5 Å². The number of hydrogen-bond acceptors (Lipinski definition) is 6. The van der Waals surface area contributed by atoms with Crippen molar-refractivity contribution in [2.75, 3.05) is 6.61 Å². The molecule has 0 unspecified atom stereocenters. The second kappa shape index (κ2) is 6.14. The largest absolute Gasteiger partial charge is 0.490 e. The summed E-state index contributed by atoms with van der Waals surface area (Å²) >= 11 is 0. The van der Waals surface area contributed by atoms with E-state index < -0.39 is 11.8 Å². The Morgan fingerprint density at radius 2 is 2.25 bits per heavy atom. The predicted molar refractivity (Wildman–Crippen MR) is 65.7 cm³/mol. The van der Waals surface area contributed by atoms with Crippen LogP contribution in [-0.2, 0) is 11.3 Å². The summed E-state index contributed by atoms with van der Waals surface area (Å²) < 4.78 is 28.5. The fraction of sp³-hybridized carbons (Fsp3) is 0.308. The normalized spacial score (nSPS) is 10.3. The number of halogens is 1. The number of ether oxygens (including phenoxy) is 2. The first kappa shape index (κ1) is 14.0. The first-order valence-electron chi connectivity index (χ1n) is 5.99. The van der Waals surface area contributed by atoms with E-state index in [9.17, 15) is 9.18 Å². The summed E-state index contributed by atoms with van der Waals surface area (Å²) in [4.78, 5) is 15.8. The fourth-order valence-corrected chi connectivity index (χ4v) is 1.56. The van der Waals surface area contributed by atoms with Crippen molar-refractivity contribution in [1.29, 1.82) is 0 Å². The summed E-state index contributed by atoms with van der Waals surface area (Å²) in [5.41, 5.74) is 0.0167. The molecule has 2 aromatic rings. The quantitative estimate of drug-likeness (QED) is 0.782. The van der Waals surface area contributed by atoms with Gasteiger partial charge in [-0.2, -0.15) is 4.98 Å². The second-order valence-electron chi connectivity index (χ2n) is 3.86. The SMILES string of the molecule is CCOc1c(F)cccc1C(=O)OCc1nc(C)no1. The van der Waals surface area contributed by atoms with E-state index >= 15 is 0 Å². The van der Waals surface area contributed by atoms with Gasteiger partial charge in [-0.15, -0.1) is 0 Å². The van der Waals surface area contributed by atoms with Crippen molar-refractivity contribution in [2.45, 2.75) is 20.5 Å². The van der Waals surface area contributed by atoms with Gasteiger partial charge in [0.2, 0.25) is 0 Å². The molecule has 20 heavy (non-hydrogen) atoms. The predicted octanol–water partition coefficient (Wildman–Crippen LogP) is 2.27. The highest BCUT2D eigenvalue weighted by molar-refractivity contribution is 5.92. The van der Waals surface area contributed by atoms with Crippen molar-refractivity contribution in [3.63, 3.8) is 0 Å². The van der Waals surface area contributed by atoms with Gasteiger partial charge < -0.3 is 14.0 Å². The minimum absolute atomic E-state index is 0.0167. The lowest BCUT2D eigenvalue weighted by atomic mass is 10.2. The van der Waals surface area contributed by atoms with Gasteiger partial charge >= 0.3 is 5.97 Å². The van der Waals surface area contributed by atoms with Gasteiger partial charge in [-0.1, -0.05) is 11.2 Å². The molecule has 0 aliphatic rings. The number of rotatable bonds is 5. The molecule has 0 radical (unpaired) electrons. The van der Waals surface area contributed by atoms with E-state index in [0.717, 1.165) is 0 Å². The smallest absolute Gasteiger partial charge is 0.342 e. The Labute approximate surface area is 114 Å². The van der Waals surface area contributed by atoms with Gasteiger partial charge in [0.25, 0.3) is 5.89 Å². The zero-order chi connectivity index (χ0) is 14.5. The molecule has 1 aromatic carbocycles. The zero-order valence-corrected chi connectivity index (χ0v) is 11.1. The highest BCUT2D eigenvalue weighted by Gasteiger charge is 2.18. The molecule has 0 saturated carbocycles. The molecule has 106 valence electrons. The Bertz CT molecular complexity index is 612. The molecule has 0 amide bonds. The van der Waals surface area contributed by atoms with Crippen LogP contribution < -0.4 is 4.74 Å². The molecule has 0 bridgehead atoms. The first-order chi connectivity index (χ1) is 9.61. The number of esters is 1. The van der Waals surface area contributed by atoms with Crippen LogP contribution in [0.2, 0.25) is 0 Å². The maximum atomic E-state index is 13.6. The summed E-state index contributed by atoms with van der Waals surface area (Å²) in [6.07, 6.45) is 0. The number of carbonyl (C=O) groups is 1. The maximum absolute atomic E-state index is 13.6. The molecule has 0 saturated heterocycles. The summed E-state index contributed by atoms with van der Waals surface area (Å²) in [5, 5.41) is 3.57. The van der Waals surface area contributed by atoms with Crippen LogP contribution >= 0.6 is 0 Å². The number of para-hydroxylation sites is 1. The summed E-state index contributed by atoms with van der Waals surface area (Å²) in [6, 6.07) is 4.05. The molecular formula is C13H13FN2O4. The van der Waals surface area contributed by atoms with E-state index in [2.05, 4.69) is 10.1 Å². The van der Waals surface area contributed by atoms with Crippen molar-refractivity contribution in [3.05, 3.63) is 41.3 Å². The molecule has 2 rings (SSSR count). The van der Waals surface area contributed by atoms with Crippen molar-refractivity contribution < 1.29 is 23.2 Å². The minimum atomic E-state index is -0.719. The third-order valence-corrected chi connectivity index (χ3v) is 2.37. The maximum Gasteiger partial charge on any atom is 0.342 e. The molecule has 7 heteroatoms. The van der Waals surface area contributed by atoms with Gasteiger partial charge in [0.1, 0.15) is 5.56 Å². The Balaban J connectivity index is 2.10. The van der Waals surface area contributed by atoms with Crippen molar-refractivity contribution in [3.8, 4) is 5.75 Å². The Hall–Kier alpha value is -2.44. The van der Waals surface area contributed by atoms with Gasteiger partial charge in [0.05, 0.1) is 6.61 Å². The molecule has 6 nitrogen and oxygen atoms in total. The van der Waals surface area contributed by atoms with Crippen LogP contribution in [-0.4, -0.2) is 22.7 Å². The van der Waals surface area contributed by atoms with Crippen LogP contribution in [0, 0.1) is 12.7 Å². The Morgan fingerprint density at radius 3 is 2.90 bits per heavy atom. The zero-order valence-electron chi connectivity index (χ0n) is 11.1. The third kappa shape index (κ3) is 3.11. The number of carbonyl (C=O) groups excluding carboxylic acids is 1. The molecule has 0 N–H and O–H groups in total. The second-order valence-corrected chi connectivity index (χ2v) is 3.86. The van der Waals surface area contributed by atoms with Crippen LogP contribution in [0.5, 0.6) is 5.75 Å². The van der Waals surface area contributed by atoms with E-state index in [-0.39, 0.29) is 30.4 Å². The molecule has 0 spiro atoms. The van der Waals surface area contributed by atoms with Crippen LogP contribution in [0.25, 0.3) is 0 Å². The minimum Gasteiger partial charge on any atom is -0.490 e. The first-order valence-corrected chi connectivity index (χ1v) is 5.99. The number of hydrogen-bond donors (Lipinski definition) is 0. The van der Waals surface area contributed by atoms with Crippen LogP contribution in [0.15, 0.2) is 22.7 Å². The number of benzene rings is 1. The lowest BCUT2D eigenvalue weighted by Gasteiger charge is -2.09. The van der Waals surface area contributed by atoms with Crippen molar-refractivity contribution in [1.82, 2.24) is 10.1 Å². The molecule has 1 heterocycles. The summed E-state index contributed by atoms with van der Waals surface area (Å²) in [5.74, 6) is -0.845. The van der Waals surface area contributed by atoms with E-state index in [4.69, 9.17) is 14.0 Å². The molecule has 0 fully saturated rings. The molecule has 0 aliphatic carbocycles. The van der Waals surface area contributed by atoms with Gasteiger partial charge in [0, 0.05) is 0 Å². The summed E-state index contributed by atoms with van der Waals surface area (Å²) in [7, 11) is 0. The third-order valence-electron chi connectivity index (χ3n) is 2.37. The van der Waals surface area contributed by atoms with E-state index in [1.807, 2.05) is 0 Å². The highest BCUT2D eigenvalue weighted by Crippen LogP contribution is 2.23. The van der Waals surface area contributed by atoms with Crippen LogP contribution in [0.3, 0.4) is 0 Å². The number of nitrogens with zero attached hydrogens (tertiary/aromatic N) is 2. The van der Waals surface area contributed by atoms with Crippen LogP contribution in [0.4, 0.5) is 4.39 Å². The lowest BCUT2D eigenvalue weighted by molar-refractivity contribution is 0.0424. The average Bonchev–Trinajstić information content (AvgIpc) is 2.84. The number of aryl methyl sites for hydroxylation is 1. The Kier molecular flexibility index (Phi) is 4.29. The number of aromatic nitrogens is 2. The standard InChI is InChI=1S/C13H13FN2O4/c1-3-18-12-9(5-4-6-10(12)14)13(17)19-7-11-15-8(2)16-20-11/h4-6H,3,7H2,1-2H3. The summed E-state index contributed by atoms with van der Waals surface area (Å²) in [6.45, 7) is 3.41. The molecule has 0 aliphatic heterocycles. The lowest BCUT2D eigenvalue weighted by Crippen LogP contribution is -2.09. The molecule has 1 aromatic heterocycles. The van der Waals surface area contributed by atoms with E-state index in [0.29, 0.717) is 5.82 Å². The van der Waals surface area contributed by atoms with Crippen molar-refractivity contribution in [2.24, 2.45) is 0 Å². The average molecular weight is 280 g/mol. The van der Waals surface area contributed by atoms with Gasteiger partial charge in [0.15, 0.2) is 24.0 Å². The van der Waals surface area contributed by atoms with Gasteiger partial charge in [-0.25, -0.2) is 9.18 Å². The highest BCUT2D eigenvalue weighted by atomic mass is 19.1. The molecular weight excluding hydrogens is 267 g/mol. The van der Waals surface area contributed by atoms with Gasteiger partial charge in [-0.05, 0) is 26.0 Å².